The van der Waals surface area contributed by atoms with Crippen molar-refractivity contribution in [1.82, 2.24) is 5.32 Å². The maximum atomic E-state index is 12.2. The zero-order valence-electron chi connectivity index (χ0n) is 13.3. The van der Waals surface area contributed by atoms with Gasteiger partial charge in [-0.15, -0.1) is 0 Å². The fourth-order valence-corrected chi connectivity index (χ4v) is 4.01. The average molecular weight is 305 g/mol. The predicted molar refractivity (Wildman–Crippen MR) is 91.4 cm³/mol. The van der Waals surface area contributed by atoms with E-state index in [4.69, 9.17) is 0 Å². The third kappa shape index (κ3) is 5.06. The topological polar surface area (TPSA) is 29.1 Å². The molecule has 3 heteroatoms. The largest absolute Gasteiger partial charge is 0.344 e. The van der Waals surface area contributed by atoms with E-state index in [9.17, 15) is 4.79 Å². The van der Waals surface area contributed by atoms with Gasteiger partial charge < -0.3 is 5.32 Å². The van der Waals surface area contributed by atoms with Crippen LogP contribution >= 0.6 is 11.8 Å². The highest BCUT2D eigenvalue weighted by Gasteiger charge is 2.31. The first kappa shape index (κ1) is 16.4. The maximum Gasteiger partial charge on any atom is 0.279 e. The van der Waals surface area contributed by atoms with Gasteiger partial charge in [-0.2, -0.15) is 0 Å². The molecule has 0 radical (unpaired) electrons. The second kappa shape index (κ2) is 7.88. The Morgan fingerprint density at radius 2 is 2.00 bits per heavy atom. The van der Waals surface area contributed by atoms with Crippen LogP contribution in [0.25, 0.3) is 0 Å². The van der Waals surface area contributed by atoms with Crippen LogP contribution < -0.4 is 5.32 Å². The van der Waals surface area contributed by atoms with Gasteiger partial charge in [-0.3, -0.25) is 4.79 Å². The fourth-order valence-electron chi connectivity index (χ4n) is 3.28. The number of nitrogens with one attached hydrogen (secondary N) is 1. The number of hydrogen-bond acceptors (Lipinski definition) is 2. The van der Waals surface area contributed by atoms with E-state index >= 15 is 0 Å². The molecule has 0 unspecified atom stereocenters. The van der Waals surface area contributed by atoms with Crippen molar-refractivity contribution in [3.05, 3.63) is 35.9 Å². The van der Waals surface area contributed by atoms with Gasteiger partial charge in [0.05, 0.1) is 0 Å². The van der Waals surface area contributed by atoms with Crippen LogP contribution in [-0.2, 0) is 5.75 Å². The van der Waals surface area contributed by atoms with Gasteiger partial charge in [0.15, 0.2) is 0 Å². The van der Waals surface area contributed by atoms with E-state index in [-0.39, 0.29) is 5.24 Å². The first-order valence-corrected chi connectivity index (χ1v) is 9.02. The normalized spacial score (nSPS) is 25.8. The van der Waals surface area contributed by atoms with Crippen molar-refractivity contribution >= 4 is 17.0 Å². The monoisotopic (exact) mass is 305 g/mol. The second-order valence-electron chi connectivity index (χ2n) is 6.64. The summed E-state index contributed by atoms with van der Waals surface area (Å²) in [5.41, 5.74) is 1.20. The lowest BCUT2D eigenvalue weighted by Crippen LogP contribution is -2.44. The highest BCUT2D eigenvalue weighted by atomic mass is 32.2. The van der Waals surface area contributed by atoms with E-state index in [2.05, 4.69) is 38.2 Å². The van der Waals surface area contributed by atoms with Crippen molar-refractivity contribution in [3.63, 3.8) is 0 Å². The lowest BCUT2D eigenvalue weighted by atomic mass is 9.74. The molecule has 1 aromatic rings. The molecule has 116 valence electrons. The summed E-state index contributed by atoms with van der Waals surface area (Å²) in [6, 6.07) is 10.5. The van der Waals surface area contributed by atoms with Crippen molar-refractivity contribution in [1.29, 1.82) is 0 Å². The first-order valence-electron chi connectivity index (χ1n) is 8.03. The van der Waals surface area contributed by atoms with Crippen molar-refractivity contribution in [2.75, 3.05) is 0 Å². The Kier molecular flexibility index (Phi) is 6.16. The zero-order chi connectivity index (χ0) is 15.2. The van der Waals surface area contributed by atoms with Gasteiger partial charge in [-0.05, 0) is 36.2 Å². The average Bonchev–Trinajstić information content (AvgIpc) is 2.46. The minimum absolute atomic E-state index is 0.128. The van der Waals surface area contributed by atoms with Crippen LogP contribution in [-0.4, -0.2) is 11.3 Å². The molecule has 1 N–H and O–H groups in total. The van der Waals surface area contributed by atoms with Crippen LogP contribution in [0.15, 0.2) is 30.3 Å². The highest BCUT2D eigenvalue weighted by molar-refractivity contribution is 8.12. The van der Waals surface area contributed by atoms with Crippen molar-refractivity contribution in [2.45, 2.75) is 51.8 Å². The van der Waals surface area contributed by atoms with Gasteiger partial charge in [0, 0.05) is 11.8 Å². The standard InChI is InChI=1S/C18H27NOS/c1-13(2)16-10-9-14(3)11-17(16)19-18(20)21-12-15-7-5-4-6-8-15/h4-8,13-14,16-17H,9-12H2,1-3H3,(H,19,20)/t14-,16+,17-/m1/s1. The Hall–Kier alpha value is -0.960. The minimum atomic E-state index is 0.128. The van der Waals surface area contributed by atoms with Crippen LogP contribution in [0.1, 0.15) is 45.6 Å². The summed E-state index contributed by atoms with van der Waals surface area (Å²) in [5, 5.41) is 3.40. The summed E-state index contributed by atoms with van der Waals surface area (Å²) >= 11 is 1.39. The first-order chi connectivity index (χ1) is 10.1. The smallest absolute Gasteiger partial charge is 0.279 e. The van der Waals surface area contributed by atoms with Gasteiger partial charge in [0.25, 0.3) is 5.24 Å². The molecule has 1 saturated carbocycles. The molecule has 0 aliphatic heterocycles. The highest BCUT2D eigenvalue weighted by Crippen LogP contribution is 2.33. The van der Waals surface area contributed by atoms with E-state index in [0.29, 0.717) is 17.9 Å². The summed E-state index contributed by atoms with van der Waals surface area (Å²) in [6.07, 6.45) is 3.67. The van der Waals surface area contributed by atoms with Gasteiger partial charge in [0.2, 0.25) is 0 Å². The molecule has 1 aromatic carbocycles. The quantitative estimate of drug-likeness (QED) is 0.839. The molecule has 1 amide bonds. The van der Waals surface area contributed by atoms with Crippen molar-refractivity contribution in [3.8, 4) is 0 Å². The Bertz CT molecular complexity index is 446. The van der Waals surface area contributed by atoms with Crippen molar-refractivity contribution < 1.29 is 4.79 Å². The van der Waals surface area contributed by atoms with Gasteiger partial charge in [-0.25, -0.2) is 0 Å². The maximum absolute atomic E-state index is 12.2. The SMILES string of the molecule is CC(C)[C@@H]1CC[C@@H](C)C[C@H]1NC(=O)SCc1ccccc1. The molecule has 0 heterocycles. The van der Waals surface area contributed by atoms with Crippen LogP contribution in [0.2, 0.25) is 0 Å². The summed E-state index contributed by atoms with van der Waals surface area (Å²) in [5.74, 6) is 2.75. The summed E-state index contributed by atoms with van der Waals surface area (Å²) < 4.78 is 0. The van der Waals surface area contributed by atoms with Crippen LogP contribution in [0.5, 0.6) is 0 Å². The van der Waals surface area contributed by atoms with Crippen LogP contribution in [0, 0.1) is 17.8 Å². The molecule has 0 saturated heterocycles. The predicted octanol–water partition coefficient (Wildman–Crippen LogP) is 5.09. The van der Waals surface area contributed by atoms with Crippen LogP contribution in [0.3, 0.4) is 0 Å². The molecule has 2 rings (SSSR count). The lowest BCUT2D eigenvalue weighted by Gasteiger charge is -2.37. The zero-order valence-corrected chi connectivity index (χ0v) is 14.2. The molecular weight excluding hydrogens is 278 g/mol. The summed E-state index contributed by atoms with van der Waals surface area (Å²) in [4.78, 5) is 12.2. The summed E-state index contributed by atoms with van der Waals surface area (Å²) in [7, 11) is 0. The Morgan fingerprint density at radius 3 is 2.67 bits per heavy atom. The number of thioether (sulfide) groups is 1. The minimum Gasteiger partial charge on any atom is -0.344 e. The number of amides is 1. The third-order valence-corrected chi connectivity index (χ3v) is 5.40. The third-order valence-electron chi connectivity index (χ3n) is 4.54. The van der Waals surface area contributed by atoms with E-state index in [1.807, 2.05) is 18.2 Å². The number of carbonyl (C=O) groups is 1. The molecule has 1 fully saturated rings. The van der Waals surface area contributed by atoms with Crippen molar-refractivity contribution in [2.24, 2.45) is 17.8 Å². The van der Waals surface area contributed by atoms with E-state index in [1.54, 1.807) is 0 Å². The molecule has 21 heavy (non-hydrogen) atoms. The number of benzene rings is 1. The van der Waals surface area contributed by atoms with E-state index in [0.717, 1.165) is 18.1 Å². The number of rotatable bonds is 4. The Morgan fingerprint density at radius 1 is 1.29 bits per heavy atom. The molecule has 1 aliphatic carbocycles. The Labute approximate surface area is 133 Å². The number of carbonyl (C=O) groups excluding carboxylic acids is 1. The van der Waals surface area contributed by atoms with Gasteiger partial charge in [0.1, 0.15) is 0 Å². The lowest BCUT2D eigenvalue weighted by molar-refractivity contribution is 0.175. The van der Waals surface area contributed by atoms with E-state index < -0.39 is 0 Å². The summed E-state index contributed by atoms with van der Waals surface area (Å²) in [6.45, 7) is 6.85. The molecule has 2 nitrogen and oxygen atoms in total. The van der Waals surface area contributed by atoms with Crippen LogP contribution in [0.4, 0.5) is 4.79 Å². The molecule has 3 atom stereocenters. The Balaban J connectivity index is 1.85. The molecule has 0 bridgehead atoms. The molecule has 0 spiro atoms. The molecule has 1 aliphatic rings. The number of hydrogen-bond donors (Lipinski definition) is 1. The van der Waals surface area contributed by atoms with Gasteiger partial charge in [-0.1, -0.05) is 69.3 Å². The molecule has 0 aromatic heterocycles. The fraction of sp³-hybridized carbons (Fsp3) is 0.611. The van der Waals surface area contributed by atoms with E-state index in [1.165, 1.54) is 30.2 Å². The molecular formula is C18H27NOS. The second-order valence-corrected chi connectivity index (χ2v) is 7.59. The van der Waals surface area contributed by atoms with Gasteiger partial charge >= 0.3 is 0 Å².